The highest BCUT2D eigenvalue weighted by Crippen LogP contribution is 2.48. The standard InChI is InChI=1S/C21H40/c1-7-9-10-11-12-16(3)15-18(5)20-13-14-21(20)19(6)17(4)8-2/h10-11,16-21H,7-9,12-15H2,1-6H3. The molecule has 1 fully saturated rings. The maximum atomic E-state index is 2.52. The third-order valence-electron chi connectivity index (χ3n) is 6.27. The minimum atomic E-state index is 0.855. The fourth-order valence-electron chi connectivity index (χ4n) is 4.22. The van der Waals surface area contributed by atoms with Crippen LogP contribution in [0.3, 0.4) is 0 Å². The second-order valence-electron chi connectivity index (χ2n) is 7.96. The minimum absolute atomic E-state index is 0.855. The SMILES string of the molecule is CCCC=CCC(C)CC(C)C1CCC1C(C)C(C)CC. The molecule has 21 heavy (non-hydrogen) atoms. The predicted octanol–water partition coefficient (Wildman–Crippen LogP) is 7.10. The molecule has 1 rings (SSSR count). The fourth-order valence-corrected chi connectivity index (χ4v) is 4.22. The molecule has 0 radical (unpaired) electrons. The van der Waals surface area contributed by atoms with E-state index in [9.17, 15) is 0 Å². The number of hydrogen-bond acceptors (Lipinski definition) is 0. The van der Waals surface area contributed by atoms with E-state index in [-0.39, 0.29) is 0 Å². The Morgan fingerprint density at radius 3 is 2.14 bits per heavy atom. The normalized spacial score (nSPS) is 28.1. The van der Waals surface area contributed by atoms with Crippen LogP contribution in [0.15, 0.2) is 12.2 Å². The second kappa shape index (κ2) is 9.70. The van der Waals surface area contributed by atoms with E-state index in [1.54, 1.807) is 0 Å². The summed E-state index contributed by atoms with van der Waals surface area (Å²) in [5.74, 6) is 5.63. The highest BCUT2D eigenvalue weighted by atomic mass is 14.4. The zero-order chi connectivity index (χ0) is 15.8. The molecule has 0 nitrogen and oxygen atoms in total. The minimum Gasteiger partial charge on any atom is -0.0885 e. The molecule has 0 aliphatic heterocycles. The van der Waals surface area contributed by atoms with Gasteiger partial charge in [0.1, 0.15) is 0 Å². The van der Waals surface area contributed by atoms with Gasteiger partial charge in [-0.25, -0.2) is 0 Å². The number of hydrogen-bond donors (Lipinski definition) is 0. The molecule has 1 aliphatic rings. The van der Waals surface area contributed by atoms with Crippen LogP contribution in [0.1, 0.15) is 86.5 Å². The lowest BCUT2D eigenvalue weighted by molar-refractivity contribution is 0.0337. The highest BCUT2D eigenvalue weighted by molar-refractivity contribution is 4.90. The molecule has 0 aromatic heterocycles. The molecule has 0 aromatic rings. The maximum absolute atomic E-state index is 2.52. The Bertz CT molecular complexity index is 290. The molecule has 6 atom stereocenters. The van der Waals surface area contributed by atoms with Crippen LogP contribution in [-0.2, 0) is 0 Å². The average Bonchev–Trinajstić information content (AvgIpc) is 2.41. The summed E-state index contributed by atoms with van der Waals surface area (Å²) in [5, 5.41) is 0. The van der Waals surface area contributed by atoms with Crippen molar-refractivity contribution >= 4 is 0 Å². The van der Waals surface area contributed by atoms with Crippen LogP contribution in [-0.4, -0.2) is 0 Å². The van der Waals surface area contributed by atoms with Crippen molar-refractivity contribution in [1.29, 1.82) is 0 Å². The van der Waals surface area contributed by atoms with Crippen molar-refractivity contribution in [3.8, 4) is 0 Å². The number of unbranched alkanes of at least 4 members (excludes halogenated alkanes) is 1. The Balaban J connectivity index is 2.36. The van der Waals surface area contributed by atoms with Crippen LogP contribution in [0.2, 0.25) is 0 Å². The maximum Gasteiger partial charge on any atom is -0.0325 e. The van der Waals surface area contributed by atoms with E-state index in [1.807, 2.05) is 0 Å². The summed E-state index contributed by atoms with van der Waals surface area (Å²) in [7, 11) is 0. The van der Waals surface area contributed by atoms with Gasteiger partial charge in [-0.3, -0.25) is 0 Å². The largest absolute Gasteiger partial charge is 0.0885 e. The monoisotopic (exact) mass is 292 g/mol. The van der Waals surface area contributed by atoms with Gasteiger partial charge in [-0.2, -0.15) is 0 Å². The van der Waals surface area contributed by atoms with Crippen LogP contribution in [0.4, 0.5) is 0 Å². The molecule has 6 unspecified atom stereocenters. The summed E-state index contributed by atoms with van der Waals surface area (Å²) in [6, 6.07) is 0. The Morgan fingerprint density at radius 2 is 1.62 bits per heavy atom. The topological polar surface area (TPSA) is 0 Å². The molecule has 124 valence electrons. The predicted molar refractivity (Wildman–Crippen MR) is 96.4 cm³/mol. The summed E-state index contributed by atoms with van der Waals surface area (Å²) in [5.41, 5.74) is 0. The van der Waals surface area contributed by atoms with Gasteiger partial charge in [-0.05, 0) is 67.6 Å². The zero-order valence-electron chi connectivity index (χ0n) is 15.6. The summed E-state index contributed by atoms with van der Waals surface area (Å²) >= 11 is 0. The van der Waals surface area contributed by atoms with E-state index >= 15 is 0 Å². The van der Waals surface area contributed by atoms with Crippen molar-refractivity contribution in [2.75, 3.05) is 0 Å². The molecule has 0 amide bonds. The van der Waals surface area contributed by atoms with Gasteiger partial charge in [0, 0.05) is 0 Å². The first-order chi connectivity index (χ1) is 10.0. The lowest BCUT2D eigenvalue weighted by atomic mass is 9.59. The van der Waals surface area contributed by atoms with Crippen LogP contribution in [0.5, 0.6) is 0 Å². The fraction of sp³-hybridized carbons (Fsp3) is 0.905. The van der Waals surface area contributed by atoms with E-state index in [2.05, 4.69) is 53.7 Å². The van der Waals surface area contributed by atoms with Crippen molar-refractivity contribution in [2.45, 2.75) is 86.5 Å². The van der Waals surface area contributed by atoms with E-state index in [4.69, 9.17) is 0 Å². The van der Waals surface area contributed by atoms with Crippen molar-refractivity contribution in [2.24, 2.45) is 35.5 Å². The summed E-state index contributed by atoms with van der Waals surface area (Å²) in [4.78, 5) is 0. The van der Waals surface area contributed by atoms with E-state index < -0.39 is 0 Å². The van der Waals surface area contributed by atoms with Gasteiger partial charge in [0.05, 0.1) is 0 Å². The van der Waals surface area contributed by atoms with Gasteiger partial charge >= 0.3 is 0 Å². The summed E-state index contributed by atoms with van der Waals surface area (Å²) in [6.45, 7) is 14.5. The van der Waals surface area contributed by atoms with Gasteiger partial charge in [-0.15, -0.1) is 0 Å². The lowest BCUT2D eigenvalue weighted by Crippen LogP contribution is -2.38. The van der Waals surface area contributed by atoms with E-state index in [1.165, 1.54) is 44.9 Å². The highest BCUT2D eigenvalue weighted by Gasteiger charge is 2.39. The molecule has 0 heterocycles. The molecular formula is C21H40. The van der Waals surface area contributed by atoms with Gasteiger partial charge < -0.3 is 0 Å². The molecule has 0 spiro atoms. The molecular weight excluding hydrogens is 252 g/mol. The first-order valence-corrected chi connectivity index (χ1v) is 9.66. The number of rotatable bonds is 10. The van der Waals surface area contributed by atoms with Gasteiger partial charge in [0.25, 0.3) is 0 Å². The van der Waals surface area contributed by atoms with Crippen molar-refractivity contribution < 1.29 is 0 Å². The summed E-state index contributed by atoms with van der Waals surface area (Å²) in [6.07, 6.45) is 14.3. The number of allylic oxidation sites excluding steroid dienone is 2. The molecule has 0 aromatic carbocycles. The molecule has 1 saturated carbocycles. The van der Waals surface area contributed by atoms with Crippen LogP contribution in [0.25, 0.3) is 0 Å². The Hall–Kier alpha value is -0.260. The zero-order valence-corrected chi connectivity index (χ0v) is 15.6. The van der Waals surface area contributed by atoms with Crippen LogP contribution in [0, 0.1) is 35.5 Å². The first-order valence-electron chi connectivity index (χ1n) is 9.66. The van der Waals surface area contributed by atoms with Crippen LogP contribution < -0.4 is 0 Å². The van der Waals surface area contributed by atoms with Gasteiger partial charge in [-0.1, -0.05) is 66.5 Å². The first kappa shape index (κ1) is 18.8. The van der Waals surface area contributed by atoms with Gasteiger partial charge in [0.15, 0.2) is 0 Å². The van der Waals surface area contributed by atoms with Crippen molar-refractivity contribution in [3.63, 3.8) is 0 Å². The molecule has 0 heteroatoms. The molecule has 0 saturated heterocycles. The van der Waals surface area contributed by atoms with E-state index in [0.29, 0.717) is 0 Å². The average molecular weight is 293 g/mol. The molecule has 0 N–H and O–H groups in total. The second-order valence-corrected chi connectivity index (χ2v) is 7.96. The van der Waals surface area contributed by atoms with Crippen LogP contribution >= 0.6 is 0 Å². The van der Waals surface area contributed by atoms with Crippen molar-refractivity contribution in [1.82, 2.24) is 0 Å². The Morgan fingerprint density at radius 1 is 0.952 bits per heavy atom. The molecule has 1 aliphatic carbocycles. The third-order valence-corrected chi connectivity index (χ3v) is 6.27. The summed E-state index contributed by atoms with van der Waals surface area (Å²) < 4.78 is 0. The van der Waals surface area contributed by atoms with Crippen molar-refractivity contribution in [3.05, 3.63) is 12.2 Å². The Kier molecular flexibility index (Phi) is 8.67. The Labute approximate surface area is 134 Å². The van der Waals surface area contributed by atoms with E-state index in [0.717, 1.165) is 35.5 Å². The quantitative estimate of drug-likeness (QED) is 0.376. The lowest BCUT2D eigenvalue weighted by Gasteiger charge is -2.46. The third kappa shape index (κ3) is 5.80. The van der Waals surface area contributed by atoms with Gasteiger partial charge in [0.2, 0.25) is 0 Å². The smallest absolute Gasteiger partial charge is 0.0325 e. The molecule has 0 bridgehead atoms.